The summed E-state index contributed by atoms with van der Waals surface area (Å²) >= 11 is 6.19. The number of halogens is 1. The quantitative estimate of drug-likeness (QED) is 0.258. The van der Waals surface area contributed by atoms with Crippen molar-refractivity contribution < 1.29 is 12.6 Å². The van der Waals surface area contributed by atoms with E-state index in [0.29, 0.717) is 18.0 Å². The highest BCUT2D eigenvalue weighted by atomic mass is 35.5. The molecule has 0 saturated heterocycles. The van der Waals surface area contributed by atoms with Gasteiger partial charge >= 0.3 is 0 Å². The Morgan fingerprint density at radius 1 is 1.05 bits per heavy atom. The fraction of sp³-hybridized carbons (Fsp3) is 0.308. The van der Waals surface area contributed by atoms with E-state index in [0.717, 1.165) is 64.4 Å². The van der Waals surface area contributed by atoms with Crippen LogP contribution in [0.3, 0.4) is 0 Å². The topological polar surface area (TPSA) is 104 Å². The SMILES string of the molecule is Cc1nnc2n1-c1ccc(-c3cnn(CCCOS(C)(=O)=O)c3)cc1C(c1ccc(Cl)cc1)=NC21CC1. The van der Waals surface area contributed by atoms with E-state index < -0.39 is 10.1 Å². The average molecular weight is 537 g/mol. The molecule has 3 heterocycles. The van der Waals surface area contributed by atoms with Gasteiger partial charge in [0.05, 0.1) is 30.5 Å². The molecule has 6 rings (SSSR count). The number of nitrogens with zero attached hydrogens (tertiary/aromatic N) is 6. The highest BCUT2D eigenvalue weighted by molar-refractivity contribution is 7.85. The first-order chi connectivity index (χ1) is 17.7. The van der Waals surface area contributed by atoms with E-state index in [1.54, 1.807) is 4.68 Å². The second kappa shape index (κ2) is 8.90. The molecule has 4 aromatic rings. The van der Waals surface area contributed by atoms with Gasteiger partial charge in [-0.1, -0.05) is 29.8 Å². The van der Waals surface area contributed by atoms with Gasteiger partial charge in [-0.3, -0.25) is 18.4 Å². The highest BCUT2D eigenvalue weighted by Crippen LogP contribution is 2.51. The standard InChI is InChI=1S/C26H25ClN6O3S/c1-17-30-31-25-26(10-11-26)29-24(18-4-7-21(27)8-5-18)22-14-19(6-9-23(22)33(17)25)20-15-28-32(16-20)12-3-13-36-37(2,34)35/h4-9,14-16H,3,10-13H2,1-2H3. The summed E-state index contributed by atoms with van der Waals surface area (Å²) in [6.45, 7) is 2.63. The normalized spacial score (nSPS) is 15.7. The zero-order chi connectivity index (χ0) is 25.8. The maximum Gasteiger partial charge on any atom is 0.264 e. The third-order valence-electron chi connectivity index (χ3n) is 6.70. The van der Waals surface area contributed by atoms with Crippen molar-refractivity contribution >= 4 is 27.4 Å². The van der Waals surface area contributed by atoms with E-state index in [-0.39, 0.29) is 12.1 Å². The van der Waals surface area contributed by atoms with Crippen molar-refractivity contribution in [3.63, 3.8) is 0 Å². The van der Waals surface area contributed by atoms with Gasteiger partial charge in [-0.05, 0) is 56.0 Å². The lowest BCUT2D eigenvalue weighted by Gasteiger charge is -2.14. The molecule has 0 amide bonds. The molecule has 1 aliphatic carbocycles. The fourth-order valence-electron chi connectivity index (χ4n) is 4.73. The van der Waals surface area contributed by atoms with E-state index >= 15 is 0 Å². The smallest absolute Gasteiger partial charge is 0.264 e. The van der Waals surface area contributed by atoms with Gasteiger partial charge in [-0.2, -0.15) is 13.5 Å². The molecule has 0 N–H and O–H groups in total. The van der Waals surface area contributed by atoms with E-state index in [1.807, 2.05) is 43.6 Å². The van der Waals surface area contributed by atoms with Gasteiger partial charge in [-0.15, -0.1) is 10.2 Å². The molecular formula is C26H25ClN6O3S. The highest BCUT2D eigenvalue weighted by Gasteiger charge is 2.51. The summed E-state index contributed by atoms with van der Waals surface area (Å²) in [5.41, 5.74) is 5.46. The number of rotatable bonds is 7. The van der Waals surface area contributed by atoms with Crippen molar-refractivity contribution in [2.45, 2.75) is 38.3 Å². The lowest BCUT2D eigenvalue weighted by molar-refractivity contribution is 0.304. The Morgan fingerprint density at radius 2 is 1.81 bits per heavy atom. The third-order valence-corrected chi connectivity index (χ3v) is 7.54. The maximum atomic E-state index is 11.2. The van der Waals surface area contributed by atoms with Crippen LogP contribution in [-0.2, 0) is 26.4 Å². The van der Waals surface area contributed by atoms with E-state index in [4.69, 9.17) is 20.8 Å². The summed E-state index contributed by atoms with van der Waals surface area (Å²) in [5.74, 6) is 1.71. The van der Waals surface area contributed by atoms with E-state index in [2.05, 4.69) is 38.1 Å². The Bertz CT molecular complexity index is 1630. The Labute approximate surface area is 219 Å². The summed E-state index contributed by atoms with van der Waals surface area (Å²) in [5, 5.41) is 14.1. The molecule has 0 radical (unpaired) electrons. The number of aryl methyl sites for hydroxylation is 2. The zero-order valence-electron chi connectivity index (χ0n) is 20.4. The summed E-state index contributed by atoms with van der Waals surface area (Å²) in [6, 6.07) is 14.1. The van der Waals surface area contributed by atoms with E-state index in [9.17, 15) is 8.42 Å². The van der Waals surface area contributed by atoms with Crippen LogP contribution in [0.2, 0.25) is 5.02 Å². The molecule has 1 saturated carbocycles. The summed E-state index contributed by atoms with van der Waals surface area (Å²) < 4.78 is 31.1. The van der Waals surface area contributed by atoms with Gasteiger partial charge in [0.2, 0.25) is 0 Å². The molecule has 2 aliphatic rings. The summed E-state index contributed by atoms with van der Waals surface area (Å²) in [6.07, 6.45) is 7.21. The van der Waals surface area contributed by atoms with Crippen LogP contribution in [0.5, 0.6) is 0 Å². The Balaban J connectivity index is 1.40. The van der Waals surface area contributed by atoms with Gasteiger partial charge in [0.15, 0.2) is 5.82 Å². The number of fused-ring (bicyclic) bond motifs is 4. The lowest BCUT2D eigenvalue weighted by atomic mass is 9.96. The molecule has 9 nitrogen and oxygen atoms in total. The van der Waals surface area contributed by atoms with E-state index in [1.165, 1.54) is 0 Å². The molecule has 1 fully saturated rings. The number of hydrogen-bond donors (Lipinski definition) is 0. The van der Waals surface area contributed by atoms with Crippen molar-refractivity contribution in [2.24, 2.45) is 4.99 Å². The Kier molecular flexibility index (Phi) is 5.78. The van der Waals surface area contributed by atoms with Crippen LogP contribution >= 0.6 is 11.6 Å². The van der Waals surface area contributed by atoms with Crippen LogP contribution < -0.4 is 0 Å². The predicted octanol–water partition coefficient (Wildman–Crippen LogP) is 4.30. The van der Waals surface area contributed by atoms with Crippen molar-refractivity contribution in [3.05, 3.63) is 82.7 Å². The molecule has 0 bridgehead atoms. The van der Waals surface area contributed by atoms with Crippen LogP contribution in [0, 0.1) is 6.92 Å². The van der Waals surface area contributed by atoms with Crippen molar-refractivity contribution in [3.8, 4) is 16.8 Å². The van der Waals surface area contributed by atoms with Crippen molar-refractivity contribution in [1.29, 1.82) is 0 Å². The van der Waals surface area contributed by atoms with Crippen molar-refractivity contribution in [1.82, 2.24) is 24.5 Å². The zero-order valence-corrected chi connectivity index (χ0v) is 22.0. The largest absolute Gasteiger partial charge is 0.280 e. The Hall–Kier alpha value is -3.34. The molecule has 11 heteroatoms. The summed E-state index contributed by atoms with van der Waals surface area (Å²) in [4.78, 5) is 5.29. The van der Waals surface area contributed by atoms with Crippen LogP contribution in [0.25, 0.3) is 16.8 Å². The number of aromatic nitrogens is 5. The second-order valence-electron chi connectivity index (χ2n) is 9.51. The Morgan fingerprint density at radius 3 is 2.54 bits per heavy atom. The molecular weight excluding hydrogens is 512 g/mol. The molecule has 37 heavy (non-hydrogen) atoms. The monoisotopic (exact) mass is 536 g/mol. The third kappa shape index (κ3) is 4.60. The first-order valence-corrected chi connectivity index (χ1v) is 14.2. The van der Waals surface area contributed by atoms with Crippen LogP contribution in [-0.4, -0.2) is 51.5 Å². The second-order valence-corrected chi connectivity index (χ2v) is 11.6. The lowest BCUT2D eigenvalue weighted by Crippen LogP contribution is -2.11. The predicted molar refractivity (Wildman–Crippen MR) is 141 cm³/mol. The van der Waals surface area contributed by atoms with Gasteiger partial charge in [0.1, 0.15) is 11.4 Å². The molecule has 0 atom stereocenters. The number of benzene rings is 2. The van der Waals surface area contributed by atoms with Crippen LogP contribution in [0.4, 0.5) is 0 Å². The molecule has 1 aliphatic heterocycles. The first kappa shape index (κ1) is 24.0. The van der Waals surface area contributed by atoms with Gasteiger partial charge in [-0.25, -0.2) is 0 Å². The fourth-order valence-corrected chi connectivity index (χ4v) is 5.28. The number of aliphatic imine (C=N–C) groups is 1. The summed E-state index contributed by atoms with van der Waals surface area (Å²) in [7, 11) is -3.44. The van der Waals surface area contributed by atoms with Gasteiger partial charge in [0, 0.05) is 34.5 Å². The average Bonchev–Trinajstić information content (AvgIpc) is 3.34. The maximum absolute atomic E-state index is 11.2. The minimum Gasteiger partial charge on any atom is -0.280 e. The first-order valence-electron chi connectivity index (χ1n) is 12.0. The molecule has 2 aromatic heterocycles. The van der Waals surface area contributed by atoms with Crippen LogP contribution in [0.1, 0.15) is 42.0 Å². The van der Waals surface area contributed by atoms with Crippen LogP contribution in [0.15, 0.2) is 59.9 Å². The molecule has 2 aromatic carbocycles. The molecule has 0 unspecified atom stereocenters. The van der Waals surface area contributed by atoms with Gasteiger partial charge in [0.25, 0.3) is 10.1 Å². The van der Waals surface area contributed by atoms with Gasteiger partial charge < -0.3 is 0 Å². The van der Waals surface area contributed by atoms with Crippen molar-refractivity contribution in [2.75, 3.05) is 12.9 Å². The molecule has 1 spiro atoms. The minimum atomic E-state index is -3.44. The molecule has 190 valence electrons. The minimum absolute atomic E-state index is 0.121. The number of hydrogen-bond acceptors (Lipinski definition) is 7.